The first-order valence-electron chi connectivity index (χ1n) is 4.67. The van der Waals surface area contributed by atoms with Crippen molar-refractivity contribution in [1.82, 2.24) is 0 Å². The van der Waals surface area contributed by atoms with Gasteiger partial charge in [0.25, 0.3) is 0 Å². The van der Waals surface area contributed by atoms with E-state index in [-0.39, 0.29) is 0 Å². The van der Waals surface area contributed by atoms with Gasteiger partial charge in [-0.25, -0.2) is 0 Å². The number of nitriles is 1. The summed E-state index contributed by atoms with van der Waals surface area (Å²) in [6, 6.07) is 7.17. The third-order valence-electron chi connectivity index (χ3n) is 2.02. The van der Waals surface area contributed by atoms with Crippen molar-refractivity contribution in [2.75, 3.05) is 6.61 Å². The van der Waals surface area contributed by atoms with E-state index in [0.29, 0.717) is 22.9 Å². The van der Waals surface area contributed by atoms with E-state index in [4.69, 9.17) is 21.6 Å². The molecule has 0 unspecified atom stereocenters. The van der Waals surface area contributed by atoms with Gasteiger partial charge in [-0.05, 0) is 24.1 Å². The van der Waals surface area contributed by atoms with E-state index in [1.54, 1.807) is 18.2 Å². The predicted molar refractivity (Wildman–Crippen MR) is 61.1 cm³/mol. The number of rotatable bonds is 4. The van der Waals surface area contributed by atoms with E-state index >= 15 is 0 Å². The van der Waals surface area contributed by atoms with Crippen molar-refractivity contribution in [3.8, 4) is 11.8 Å². The van der Waals surface area contributed by atoms with Gasteiger partial charge in [-0.15, -0.1) is 0 Å². The lowest BCUT2D eigenvalue weighted by Crippen LogP contribution is -2.01. The Hall–Kier alpha value is -1.46. The van der Waals surface area contributed by atoms with Crippen LogP contribution in [-0.2, 0) is 0 Å². The minimum absolute atomic E-state index is 0.378. The van der Waals surface area contributed by atoms with Crippen LogP contribution in [0, 0.1) is 11.3 Å². The maximum atomic E-state index is 8.88. The quantitative estimate of drug-likeness (QED) is 0.729. The maximum absolute atomic E-state index is 8.88. The smallest absolute Gasteiger partial charge is 0.139 e. The topological polar surface area (TPSA) is 33.0 Å². The van der Waals surface area contributed by atoms with E-state index in [1.165, 1.54) is 0 Å². The summed E-state index contributed by atoms with van der Waals surface area (Å²) in [7, 11) is 0. The first-order valence-corrected chi connectivity index (χ1v) is 5.05. The summed E-state index contributed by atoms with van der Waals surface area (Å²) in [6.45, 7) is 6.26. The zero-order chi connectivity index (χ0) is 11.3. The third kappa shape index (κ3) is 3.00. The van der Waals surface area contributed by atoms with Crippen LogP contribution in [0.3, 0.4) is 0 Å². The molecule has 0 fully saturated rings. The molecule has 0 aliphatic carbocycles. The van der Waals surface area contributed by atoms with Crippen molar-refractivity contribution in [3.63, 3.8) is 0 Å². The van der Waals surface area contributed by atoms with Gasteiger partial charge in [0.2, 0.25) is 0 Å². The van der Waals surface area contributed by atoms with Gasteiger partial charge in [-0.3, -0.25) is 0 Å². The van der Waals surface area contributed by atoms with Crippen molar-refractivity contribution in [3.05, 3.63) is 40.9 Å². The maximum Gasteiger partial charge on any atom is 0.139 e. The van der Waals surface area contributed by atoms with E-state index < -0.39 is 0 Å². The van der Waals surface area contributed by atoms with Crippen LogP contribution in [0.4, 0.5) is 0 Å². The molecule has 1 aromatic carbocycles. The zero-order valence-corrected chi connectivity index (χ0v) is 9.34. The first kappa shape index (κ1) is 11.6. The molecule has 0 aliphatic rings. The Morgan fingerprint density at radius 2 is 2.33 bits per heavy atom. The molecule has 0 saturated carbocycles. The Labute approximate surface area is 94.7 Å². The molecule has 78 valence electrons. The second-order valence-corrected chi connectivity index (χ2v) is 3.52. The van der Waals surface area contributed by atoms with Crippen molar-refractivity contribution in [1.29, 1.82) is 5.26 Å². The Kier molecular flexibility index (Phi) is 4.20. The van der Waals surface area contributed by atoms with Crippen LogP contribution in [0.15, 0.2) is 30.4 Å². The molecule has 0 bridgehead atoms. The fourth-order valence-electron chi connectivity index (χ4n) is 1.02. The SMILES string of the molecule is C=C(CC)COc1cccc(Cl)c1C#N. The van der Waals surface area contributed by atoms with E-state index in [1.807, 2.05) is 13.0 Å². The summed E-state index contributed by atoms with van der Waals surface area (Å²) in [4.78, 5) is 0. The lowest BCUT2D eigenvalue weighted by Gasteiger charge is -2.09. The number of hydrogen-bond donors (Lipinski definition) is 0. The molecule has 0 atom stereocenters. The molecule has 0 aliphatic heterocycles. The molecule has 0 saturated heterocycles. The summed E-state index contributed by atoms with van der Waals surface area (Å²) in [5.41, 5.74) is 1.36. The minimum Gasteiger partial charge on any atom is -0.488 e. The molecule has 15 heavy (non-hydrogen) atoms. The zero-order valence-electron chi connectivity index (χ0n) is 8.59. The largest absolute Gasteiger partial charge is 0.488 e. The lowest BCUT2D eigenvalue weighted by atomic mass is 10.2. The summed E-state index contributed by atoms with van der Waals surface area (Å²) >= 11 is 5.85. The highest BCUT2D eigenvalue weighted by atomic mass is 35.5. The van der Waals surface area contributed by atoms with Crippen molar-refractivity contribution < 1.29 is 4.74 Å². The second-order valence-electron chi connectivity index (χ2n) is 3.12. The van der Waals surface area contributed by atoms with Gasteiger partial charge >= 0.3 is 0 Å². The fourth-order valence-corrected chi connectivity index (χ4v) is 1.22. The summed E-state index contributed by atoms with van der Waals surface area (Å²) < 4.78 is 5.46. The van der Waals surface area contributed by atoms with E-state index in [2.05, 4.69) is 6.58 Å². The molecule has 1 rings (SSSR count). The first-order chi connectivity index (χ1) is 7.19. The van der Waals surface area contributed by atoms with Crippen molar-refractivity contribution in [2.24, 2.45) is 0 Å². The lowest BCUT2D eigenvalue weighted by molar-refractivity contribution is 0.348. The number of halogens is 1. The summed E-state index contributed by atoms with van der Waals surface area (Å²) in [5.74, 6) is 0.514. The monoisotopic (exact) mass is 221 g/mol. The van der Waals surface area contributed by atoms with Crippen LogP contribution in [0.1, 0.15) is 18.9 Å². The van der Waals surface area contributed by atoms with Gasteiger partial charge in [0.15, 0.2) is 0 Å². The molecule has 3 heteroatoms. The predicted octanol–water partition coefficient (Wildman–Crippen LogP) is 3.56. The molecular weight excluding hydrogens is 210 g/mol. The number of ether oxygens (including phenoxy) is 1. The highest BCUT2D eigenvalue weighted by Crippen LogP contribution is 2.25. The standard InChI is InChI=1S/C12H12ClNO/c1-3-9(2)8-15-12-6-4-5-11(13)10(12)7-14/h4-6H,2-3,8H2,1H3. The molecule has 0 heterocycles. The van der Waals surface area contributed by atoms with E-state index in [9.17, 15) is 0 Å². The normalized spacial score (nSPS) is 9.40. The van der Waals surface area contributed by atoms with Gasteiger partial charge in [0, 0.05) is 0 Å². The van der Waals surface area contributed by atoms with Crippen molar-refractivity contribution >= 4 is 11.6 Å². The van der Waals surface area contributed by atoms with Crippen LogP contribution in [0.5, 0.6) is 5.75 Å². The average molecular weight is 222 g/mol. The Morgan fingerprint density at radius 1 is 1.60 bits per heavy atom. The van der Waals surface area contributed by atoms with Crippen LogP contribution in [0.2, 0.25) is 5.02 Å². The van der Waals surface area contributed by atoms with Gasteiger partial charge < -0.3 is 4.74 Å². The van der Waals surface area contributed by atoms with Crippen LogP contribution >= 0.6 is 11.6 Å². The number of hydrogen-bond acceptors (Lipinski definition) is 2. The van der Waals surface area contributed by atoms with Gasteiger partial charge in [0.1, 0.15) is 24.0 Å². The molecule has 0 radical (unpaired) electrons. The molecule has 1 aromatic rings. The highest BCUT2D eigenvalue weighted by molar-refractivity contribution is 6.31. The van der Waals surface area contributed by atoms with Crippen LogP contribution < -0.4 is 4.74 Å². The molecule has 2 nitrogen and oxygen atoms in total. The summed E-state index contributed by atoms with van der Waals surface area (Å²) in [5, 5.41) is 9.30. The minimum atomic E-state index is 0.378. The average Bonchev–Trinajstić information content (AvgIpc) is 2.25. The highest BCUT2D eigenvalue weighted by Gasteiger charge is 2.07. The molecule has 0 spiro atoms. The molecule has 0 amide bonds. The van der Waals surface area contributed by atoms with Crippen LogP contribution in [-0.4, -0.2) is 6.61 Å². The Balaban J connectivity index is 2.82. The van der Waals surface area contributed by atoms with Gasteiger partial charge in [-0.1, -0.05) is 31.2 Å². The Bertz CT molecular complexity index is 407. The fraction of sp³-hybridized carbons (Fsp3) is 0.250. The van der Waals surface area contributed by atoms with Gasteiger partial charge in [-0.2, -0.15) is 5.26 Å². The summed E-state index contributed by atoms with van der Waals surface area (Å²) in [6.07, 6.45) is 0.864. The third-order valence-corrected chi connectivity index (χ3v) is 2.33. The number of benzene rings is 1. The van der Waals surface area contributed by atoms with E-state index in [0.717, 1.165) is 12.0 Å². The second kappa shape index (κ2) is 5.43. The molecule has 0 aromatic heterocycles. The molecule has 0 N–H and O–H groups in total. The van der Waals surface area contributed by atoms with Crippen molar-refractivity contribution in [2.45, 2.75) is 13.3 Å². The Morgan fingerprint density at radius 3 is 2.93 bits per heavy atom. The number of nitrogens with zero attached hydrogens (tertiary/aromatic N) is 1. The van der Waals surface area contributed by atoms with Crippen LogP contribution in [0.25, 0.3) is 0 Å². The van der Waals surface area contributed by atoms with Gasteiger partial charge in [0.05, 0.1) is 5.02 Å². The molecular formula is C12H12ClNO.